The van der Waals surface area contributed by atoms with Crippen molar-refractivity contribution < 1.29 is 4.79 Å². The molecule has 0 aromatic heterocycles. The first-order valence-electron chi connectivity index (χ1n) is 2.09. The Labute approximate surface area is 47.6 Å². The van der Waals surface area contributed by atoms with E-state index in [1.54, 1.807) is 0 Å². The molecule has 0 radical (unpaired) electrons. The SMILES string of the molecule is O=[C]1CC[CH]=[In]1. The summed E-state index contributed by atoms with van der Waals surface area (Å²) in [6.45, 7) is 0. The molecule has 1 aliphatic rings. The Hall–Kier alpha value is 0.410. The van der Waals surface area contributed by atoms with Gasteiger partial charge in [-0.05, 0) is 0 Å². The fourth-order valence-electron chi connectivity index (χ4n) is 0.524. The molecule has 1 rings (SSSR count). The van der Waals surface area contributed by atoms with E-state index in [-0.39, 0.29) is 0 Å². The average Bonchev–Trinajstić information content (AvgIpc) is 1.86. The molecule has 30 valence electrons. The van der Waals surface area contributed by atoms with Crippen LogP contribution >= 0.6 is 0 Å². The molecule has 6 heavy (non-hydrogen) atoms. The summed E-state index contributed by atoms with van der Waals surface area (Å²) in [4.78, 5) is 10.3. The van der Waals surface area contributed by atoms with E-state index in [0.29, 0.717) is 3.54 Å². The van der Waals surface area contributed by atoms with Crippen molar-refractivity contribution in [2.45, 2.75) is 12.8 Å². The predicted molar refractivity (Wildman–Crippen MR) is 26.1 cm³/mol. The molecule has 0 aromatic rings. The van der Waals surface area contributed by atoms with Crippen LogP contribution < -0.4 is 0 Å². The number of carbonyl (C=O) groups excluding carboxylic acids is 1. The normalized spacial score (nSPS) is 18.3. The summed E-state index contributed by atoms with van der Waals surface area (Å²) in [6, 6.07) is 0. The van der Waals surface area contributed by atoms with Crippen molar-refractivity contribution in [3.8, 4) is 0 Å². The van der Waals surface area contributed by atoms with Gasteiger partial charge in [0.2, 0.25) is 0 Å². The summed E-state index contributed by atoms with van der Waals surface area (Å²) in [7, 11) is 0. The third-order valence-corrected chi connectivity index (χ3v) is 4.37. The van der Waals surface area contributed by atoms with Crippen LogP contribution in [0.25, 0.3) is 0 Å². The molecule has 1 heterocycles. The maximum absolute atomic E-state index is 10.3. The Balaban J connectivity index is 2.59. The molecular weight excluding hydrogens is 179 g/mol. The van der Waals surface area contributed by atoms with E-state index in [1.807, 2.05) is 0 Å². The molecule has 0 amide bonds. The first-order valence-corrected chi connectivity index (χ1v) is 5.64. The van der Waals surface area contributed by atoms with Gasteiger partial charge in [0.05, 0.1) is 0 Å². The predicted octanol–water partition coefficient (Wildman–Crippen LogP) is -0.187. The second-order valence-electron chi connectivity index (χ2n) is 1.41. The van der Waals surface area contributed by atoms with Crippen molar-refractivity contribution >= 4 is 29.7 Å². The van der Waals surface area contributed by atoms with Crippen molar-refractivity contribution in [2.75, 3.05) is 0 Å². The van der Waals surface area contributed by atoms with Gasteiger partial charge in [0.25, 0.3) is 0 Å². The van der Waals surface area contributed by atoms with Crippen LogP contribution in [0, 0.1) is 0 Å². The molecule has 2 heteroatoms. The van der Waals surface area contributed by atoms with Crippen LogP contribution in [0.4, 0.5) is 0 Å². The van der Waals surface area contributed by atoms with Gasteiger partial charge in [-0.25, -0.2) is 0 Å². The van der Waals surface area contributed by atoms with Crippen LogP contribution in [0.3, 0.4) is 0 Å². The summed E-state index contributed by atoms with van der Waals surface area (Å²) in [5.41, 5.74) is 0. The molecule has 1 aliphatic heterocycles. The van der Waals surface area contributed by atoms with E-state index < -0.39 is 22.4 Å². The fourth-order valence-corrected chi connectivity index (χ4v) is 3.18. The second kappa shape index (κ2) is 1.92. The van der Waals surface area contributed by atoms with Crippen molar-refractivity contribution in [1.82, 2.24) is 0 Å². The third-order valence-electron chi connectivity index (χ3n) is 0.861. The van der Waals surface area contributed by atoms with E-state index in [9.17, 15) is 4.79 Å². The van der Waals surface area contributed by atoms with Gasteiger partial charge < -0.3 is 0 Å². The van der Waals surface area contributed by atoms with Gasteiger partial charge >= 0.3 is 47.4 Å². The van der Waals surface area contributed by atoms with E-state index in [2.05, 4.69) is 3.76 Å². The zero-order valence-electron chi connectivity index (χ0n) is 3.48. The minimum absolute atomic E-state index is 0.588. The molecule has 1 nitrogen and oxygen atoms in total. The molecule has 0 aromatic carbocycles. The number of rotatable bonds is 0. The first kappa shape index (κ1) is 4.57. The molecular formula is C4H5InO. The summed E-state index contributed by atoms with van der Waals surface area (Å²) in [5, 5.41) is 0. The van der Waals surface area contributed by atoms with Gasteiger partial charge in [-0.3, -0.25) is 0 Å². The molecule has 0 saturated carbocycles. The van der Waals surface area contributed by atoms with Gasteiger partial charge in [-0.1, -0.05) is 0 Å². The third kappa shape index (κ3) is 0.934. The quantitative estimate of drug-likeness (QED) is 0.510. The molecule has 0 aliphatic carbocycles. The maximum atomic E-state index is 10.3. The van der Waals surface area contributed by atoms with E-state index in [1.165, 1.54) is 0 Å². The average molecular weight is 184 g/mol. The van der Waals surface area contributed by atoms with Crippen LogP contribution in [0.5, 0.6) is 0 Å². The Morgan fingerprint density at radius 1 is 1.83 bits per heavy atom. The Kier molecular flexibility index (Phi) is 1.46. The number of hydrogen-bond donors (Lipinski definition) is 0. The molecule has 0 fully saturated rings. The molecule has 0 unspecified atom stereocenters. The van der Waals surface area contributed by atoms with Crippen molar-refractivity contribution in [3.05, 3.63) is 0 Å². The molecule has 0 bridgehead atoms. The summed E-state index contributed by atoms with van der Waals surface area (Å²) >= 11 is -0.671. The van der Waals surface area contributed by atoms with Crippen molar-refractivity contribution in [3.63, 3.8) is 0 Å². The number of hydrogen-bond acceptors (Lipinski definition) is 1. The van der Waals surface area contributed by atoms with Gasteiger partial charge in [0, 0.05) is 0 Å². The molecule has 0 N–H and O–H groups in total. The summed E-state index contributed by atoms with van der Waals surface area (Å²) in [6.07, 6.45) is 1.97. The van der Waals surface area contributed by atoms with Gasteiger partial charge in [-0.15, -0.1) is 0 Å². The van der Waals surface area contributed by atoms with E-state index >= 15 is 0 Å². The topological polar surface area (TPSA) is 17.1 Å². The Bertz CT molecular complexity index is 95.7. The van der Waals surface area contributed by atoms with Crippen LogP contribution in [0.15, 0.2) is 0 Å². The fraction of sp³-hybridized carbons (Fsp3) is 0.500. The standard InChI is InChI=1S/C4H5O.In/c1-2-3-4-5;/h1H,2-3H2;. The second-order valence-corrected chi connectivity index (χ2v) is 5.54. The zero-order chi connectivity index (χ0) is 4.41. The molecule has 0 saturated heterocycles. The Morgan fingerprint density at radius 2 is 2.67 bits per heavy atom. The number of carbonyl (C=O) groups is 1. The molecule has 0 atom stereocenters. The van der Waals surface area contributed by atoms with Crippen LogP contribution in [-0.4, -0.2) is 29.7 Å². The monoisotopic (exact) mass is 184 g/mol. The minimum atomic E-state index is -0.671. The van der Waals surface area contributed by atoms with Gasteiger partial charge in [0.1, 0.15) is 0 Å². The summed E-state index contributed by atoms with van der Waals surface area (Å²) in [5.74, 6) is 0. The van der Waals surface area contributed by atoms with Crippen molar-refractivity contribution in [1.29, 1.82) is 0 Å². The van der Waals surface area contributed by atoms with E-state index in [0.717, 1.165) is 12.8 Å². The van der Waals surface area contributed by atoms with Crippen LogP contribution in [0.2, 0.25) is 0 Å². The van der Waals surface area contributed by atoms with E-state index in [4.69, 9.17) is 0 Å². The zero-order valence-corrected chi connectivity index (χ0v) is 6.77. The van der Waals surface area contributed by atoms with Crippen LogP contribution in [0.1, 0.15) is 12.8 Å². The van der Waals surface area contributed by atoms with Crippen molar-refractivity contribution in [2.24, 2.45) is 0 Å². The Morgan fingerprint density at radius 3 is 2.83 bits per heavy atom. The molecule has 0 spiro atoms. The van der Waals surface area contributed by atoms with Gasteiger partial charge in [-0.2, -0.15) is 0 Å². The summed E-state index contributed by atoms with van der Waals surface area (Å²) < 4.78 is 2.81. The van der Waals surface area contributed by atoms with Gasteiger partial charge in [0.15, 0.2) is 0 Å². The first-order chi connectivity index (χ1) is 2.89. The van der Waals surface area contributed by atoms with Crippen LogP contribution in [-0.2, 0) is 4.79 Å².